The summed E-state index contributed by atoms with van der Waals surface area (Å²) in [6, 6.07) is 1.55. The zero-order valence-corrected chi connectivity index (χ0v) is 9.21. The van der Waals surface area contributed by atoms with Gasteiger partial charge in [-0.05, 0) is 6.07 Å². The molecule has 0 spiro atoms. The largest absolute Gasteiger partial charge is 0.396 e. The van der Waals surface area contributed by atoms with Crippen molar-refractivity contribution in [1.29, 1.82) is 0 Å². The molecule has 0 aliphatic heterocycles. The minimum absolute atomic E-state index is 0.0552. The minimum atomic E-state index is -1.49. The second-order valence-electron chi connectivity index (χ2n) is 3.06. The van der Waals surface area contributed by atoms with Gasteiger partial charge in [-0.25, -0.2) is 8.78 Å². The zero-order chi connectivity index (χ0) is 11.6. The Morgan fingerprint density at radius 2 is 1.87 bits per heavy atom. The number of hydrogen-bond acceptors (Lipinski definition) is 3. The lowest BCUT2D eigenvalue weighted by Crippen LogP contribution is -2.20. The predicted molar refractivity (Wildman–Crippen MR) is 55.5 cm³/mol. The summed E-state index contributed by atoms with van der Waals surface area (Å²) in [6.07, 6.45) is -2.69. The average molecular weight is 282 g/mol. The quantitative estimate of drug-likeness (QED) is 0.579. The summed E-state index contributed by atoms with van der Waals surface area (Å²) in [5.41, 5.74) is 4.48. The van der Waals surface area contributed by atoms with Crippen molar-refractivity contribution in [1.82, 2.24) is 0 Å². The van der Waals surface area contributed by atoms with Crippen molar-refractivity contribution in [3.05, 3.63) is 29.3 Å². The molecule has 0 saturated carbocycles. The van der Waals surface area contributed by atoms with Crippen molar-refractivity contribution in [2.75, 3.05) is 11.1 Å². The van der Waals surface area contributed by atoms with Crippen LogP contribution in [0, 0.1) is 11.6 Å². The molecule has 2 unspecified atom stereocenters. The first-order valence-electron chi connectivity index (χ1n) is 4.14. The van der Waals surface area contributed by atoms with Gasteiger partial charge in [-0.3, -0.25) is 0 Å². The van der Waals surface area contributed by atoms with Gasteiger partial charge in [0.2, 0.25) is 0 Å². The fourth-order valence-electron chi connectivity index (χ4n) is 1.10. The molecule has 0 aliphatic rings. The van der Waals surface area contributed by atoms with E-state index in [1.54, 1.807) is 0 Å². The van der Waals surface area contributed by atoms with E-state index in [0.717, 1.165) is 12.1 Å². The van der Waals surface area contributed by atoms with Crippen molar-refractivity contribution in [3.63, 3.8) is 0 Å². The Kier molecular flexibility index (Phi) is 4.01. The molecular weight excluding hydrogens is 272 g/mol. The molecule has 0 aliphatic carbocycles. The number of benzene rings is 1. The lowest BCUT2D eigenvalue weighted by atomic mass is 10.0. The van der Waals surface area contributed by atoms with Crippen LogP contribution in [-0.4, -0.2) is 21.6 Å². The third-order valence-corrected chi connectivity index (χ3v) is 2.62. The Morgan fingerprint density at radius 3 is 2.40 bits per heavy atom. The molecule has 0 heterocycles. The molecule has 0 saturated heterocycles. The van der Waals surface area contributed by atoms with E-state index < -0.39 is 23.8 Å². The van der Waals surface area contributed by atoms with E-state index in [0.29, 0.717) is 0 Å². The van der Waals surface area contributed by atoms with Crippen LogP contribution < -0.4 is 5.73 Å². The van der Waals surface area contributed by atoms with Gasteiger partial charge >= 0.3 is 0 Å². The Hall–Kier alpha value is -0.720. The van der Waals surface area contributed by atoms with Crippen LogP contribution in [0.2, 0.25) is 0 Å². The number of alkyl halides is 1. The first kappa shape index (κ1) is 12.4. The van der Waals surface area contributed by atoms with E-state index >= 15 is 0 Å². The van der Waals surface area contributed by atoms with Gasteiger partial charge in [0, 0.05) is 17.0 Å². The number of aliphatic hydroxyl groups is 2. The molecule has 4 N–H and O–H groups in total. The molecule has 0 amide bonds. The number of nitrogen functional groups attached to an aromatic ring is 1. The lowest BCUT2D eigenvalue weighted by Gasteiger charge is -2.16. The maximum atomic E-state index is 13.2. The standard InChI is InChI=1S/C9H10BrF2NO2/c10-3-8(14)9(15)4-1-6(12)7(13)2-5(4)11/h1-2,8-9,14-15H,3,13H2. The number of hydrogen-bond donors (Lipinski definition) is 3. The highest BCUT2D eigenvalue weighted by atomic mass is 79.9. The van der Waals surface area contributed by atoms with Gasteiger partial charge in [-0.15, -0.1) is 0 Å². The van der Waals surface area contributed by atoms with E-state index in [1.165, 1.54) is 0 Å². The first-order valence-corrected chi connectivity index (χ1v) is 5.26. The van der Waals surface area contributed by atoms with Gasteiger partial charge in [0.1, 0.15) is 17.7 Å². The Labute approximate surface area is 93.7 Å². The fraction of sp³-hybridized carbons (Fsp3) is 0.333. The lowest BCUT2D eigenvalue weighted by molar-refractivity contribution is 0.0318. The van der Waals surface area contributed by atoms with E-state index in [-0.39, 0.29) is 16.6 Å². The Morgan fingerprint density at radius 1 is 1.27 bits per heavy atom. The highest BCUT2D eigenvalue weighted by molar-refractivity contribution is 9.09. The summed E-state index contributed by atoms with van der Waals surface area (Å²) >= 11 is 2.92. The van der Waals surface area contributed by atoms with Gasteiger partial charge in [0.25, 0.3) is 0 Å². The smallest absolute Gasteiger partial charge is 0.146 e. The van der Waals surface area contributed by atoms with Gasteiger partial charge in [0.05, 0.1) is 11.8 Å². The molecular formula is C9H10BrF2NO2. The molecule has 3 nitrogen and oxygen atoms in total. The third-order valence-electron chi connectivity index (χ3n) is 1.96. The maximum Gasteiger partial charge on any atom is 0.146 e. The molecule has 1 aromatic carbocycles. The van der Waals surface area contributed by atoms with E-state index in [4.69, 9.17) is 5.73 Å². The summed E-state index contributed by atoms with van der Waals surface area (Å²) < 4.78 is 26.2. The average Bonchev–Trinajstić information content (AvgIpc) is 2.21. The summed E-state index contributed by atoms with van der Waals surface area (Å²) in [6.45, 7) is 0. The topological polar surface area (TPSA) is 66.5 Å². The van der Waals surface area contributed by atoms with Crippen LogP contribution in [0.25, 0.3) is 0 Å². The highest BCUT2D eigenvalue weighted by Gasteiger charge is 2.22. The SMILES string of the molecule is Nc1cc(F)c(C(O)C(O)CBr)cc1F. The van der Waals surface area contributed by atoms with Gasteiger partial charge in [-0.2, -0.15) is 0 Å². The monoisotopic (exact) mass is 281 g/mol. The number of halogens is 3. The molecule has 0 bridgehead atoms. The van der Waals surface area contributed by atoms with Crippen LogP contribution in [0.15, 0.2) is 12.1 Å². The van der Waals surface area contributed by atoms with Crippen molar-refractivity contribution in [2.24, 2.45) is 0 Å². The van der Waals surface area contributed by atoms with Crippen molar-refractivity contribution in [2.45, 2.75) is 12.2 Å². The summed E-state index contributed by atoms with van der Waals surface area (Å²) in [5, 5.41) is 18.8. The maximum absolute atomic E-state index is 13.2. The number of nitrogens with two attached hydrogens (primary N) is 1. The van der Waals surface area contributed by atoms with Crippen molar-refractivity contribution < 1.29 is 19.0 Å². The second kappa shape index (κ2) is 4.87. The Balaban J connectivity index is 3.09. The predicted octanol–water partition coefficient (Wildman–Crippen LogP) is 1.34. The number of aliphatic hydroxyl groups excluding tert-OH is 2. The molecule has 84 valence electrons. The van der Waals surface area contributed by atoms with E-state index in [2.05, 4.69) is 15.9 Å². The van der Waals surface area contributed by atoms with Crippen molar-refractivity contribution >= 4 is 21.6 Å². The molecule has 0 aromatic heterocycles. The van der Waals surface area contributed by atoms with E-state index in [9.17, 15) is 19.0 Å². The molecule has 0 radical (unpaired) electrons. The van der Waals surface area contributed by atoms with Crippen LogP contribution in [0.3, 0.4) is 0 Å². The van der Waals surface area contributed by atoms with Gasteiger partial charge in [0.15, 0.2) is 0 Å². The van der Waals surface area contributed by atoms with E-state index in [1.807, 2.05) is 0 Å². The number of anilines is 1. The molecule has 15 heavy (non-hydrogen) atoms. The summed E-state index contributed by atoms with van der Waals surface area (Å²) in [5.74, 6) is -1.67. The first-order chi connectivity index (χ1) is 6.97. The third kappa shape index (κ3) is 2.64. The highest BCUT2D eigenvalue weighted by Crippen LogP contribution is 2.25. The molecule has 0 fully saturated rings. The Bertz CT molecular complexity index is 362. The summed E-state index contributed by atoms with van der Waals surface area (Å²) in [7, 11) is 0. The molecule has 1 aromatic rings. The van der Waals surface area contributed by atoms with Crippen LogP contribution in [0.5, 0.6) is 0 Å². The van der Waals surface area contributed by atoms with Gasteiger partial charge in [-0.1, -0.05) is 15.9 Å². The van der Waals surface area contributed by atoms with Gasteiger partial charge < -0.3 is 15.9 Å². The second-order valence-corrected chi connectivity index (χ2v) is 3.71. The molecule has 6 heteroatoms. The zero-order valence-electron chi connectivity index (χ0n) is 7.62. The molecule has 1 rings (SSSR count). The number of rotatable bonds is 3. The van der Waals surface area contributed by atoms with Crippen LogP contribution in [0.1, 0.15) is 11.7 Å². The van der Waals surface area contributed by atoms with Crippen LogP contribution in [-0.2, 0) is 0 Å². The summed E-state index contributed by atoms with van der Waals surface area (Å²) in [4.78, 5) is 0. The van der Waals surface area contributed by atoms with Crippen LogP contribution in [0.4, 0.5) is 14.5 Å². The van der Waals surface area contributed by atoms with Crippen LogP contribution >= 0.6 is 15.9 Å². The van der Waals surface area contributed by atoms with Crippen molar-refractivity contribution in [3.8, 4) is 0 Å². The molecule has 2 atom stereocenters. The fourth-order valence-corrected chi connectivity index (χ4v) is 1.45. The minimum Gasteiger partial charge on any atom is -0.396 e. The normalized spacial score (nSPS) is 15.0.